The van der Waals surface area contributed by atoms with Crippen molar-refractivity contribution in [2.24, 2.45) is 0 Å². The van der Waals surface area contributed by atoms with Crippen molar-refractivity contribution in [3.8, 4) is 11.1 Å². The number of carbonyl (C=O) groups excluding carboxylic acids is 1. The van der Waals surface area contributed by atoms with E-state index in [0.29, 0.717) is 5.56 Å². The lowest BCUT2D eigenvalue weighted by Crippen LogP contribution is -2.41. The number of sulfonamides is 1. The van der Waals surface area contributed by atoms with Gasteiger partial charge >= 0.3 is 0 Å². The second kappa shape index (κ2) is 7.25. The molecule has 0 unspecified atom stereocenters. The number of hydrogen-bond donors (Lipinski definition) is 2. The van der Waals surface area contributed by atoms with Crippen LogP contribution in [0.25, 0.3) is 11.1 Å². The predicted molar refractivity (Wildman–Crippen MR) is 93.9 cm³/mol. The maximum absolute atomic E-state index is 12.3. The molecule has 0 aliphatic carbocycles. The summed E-state index contributed by atoms with van der Waals surface area (Å²) in [6.45, 7) is 0. The van der Waals surface area contributed by atoms with Crippen molar-refractivity contribution < 1.29 is 13.2 Å². The molecule has 0 radical (unpaired) electrons. The molecule has 25 heavy (non-hydrogen) atoms. The Balaban J connectivity index is 1.74. The summed E-state index contributed by atoms with van der Waals surface area (Å²) in [5.74, 6) is -0.551. The highest BCUT2D eigenvalue weighted by atomic mass is 32.2. The highest BCUT2D eigenvalue weighted by Gasteiger charge is 2.15. The van der Waals surface area contributed by atoms with E-state index in [1.54, 1.807) is 54.9 Å². The maximum Gasteiger partial charge on any atom is 0.266 e. The van der Waals surface area contributed by atoms with E-state index in [4.69, 9.17) is 0 Å². The molecular weight excluding hydrogens is 338 g/mol. The van der Waals surface area contributed by atoms with Crippen molar-refractivity contribution in [2.75, 3.05) is 0 Å². The van der Waals surface area contributed by atoms with E-state index in [1.807, 2.05) is 12.1 Å². The van der Waals surface area contributed by atoms with E-state index in [9.17, 15) is 13.2 Å². The van der Waals surface area contributed by atoms with E-state index in [2.05, 4.69) is 15.2 Å². The van der Waals surface area contributed by atoms with Crippen LogP contribution in [-0.4, -0.2) is 19.3 Å². The van der Waals surface area contributed by atoms with E-state index < -0.39 is 15.9 Å². The molecule has 1 amide bonds. The van der Waals surface area contributed by atoms with E-state index in [0.717, 1.165) is 11.1 Å². The maximum atomic E-state index is 12.3. The van der Waals surface area contributed by atoms with Gasteiger partial charge in [-0.1, -0.05) is 36.4 Å². The lowest BCUT2D eigenvalue weighted by molar-refractivity contribution is 0.0945. The van der Waals surface area contributed by atoms with Crippen LogP contribution in [0.3, 0.4) is 0 Å². The summed E-state index contributed by atoms with van der Waals surface area (Å²) < 4.78 is 24.2. The molecule has 0 spiro atoms. The molecule has 7 heteroatoms. The summed E-state index contributed by atoms with van der Waals surface area (Å²) >= 11 is 0. The normalized spacial score (nSPS) is 11.0. The third-order valence-corrected chi connectivity index (χ3v) is 4.74. The molecule has 1 aromatic heterocycles. The molecule has 126 valence electrons. The van der Waals surface area contributed by atoms with Crippen LogP contribution in [0.2, 0.25) is 0 Å². The van der Waals surface area contributed by atoms with Gasteiger partial charge < -0.3 is 0 Å². The first-order valence-corrected chi connectivity index (χ1v) is 8.92. The molecule has 0 aliphatic rings. The average molecular weight is 353 g/mol. The summed E-state index contributed by atoms with van der Waals surface area (Å²) in [6, 6.07) is 18.3. The second-order valence-electron chi connectivity index (χ2n) is 5.20. The third kappa shape index (κ3) is 4.09. The lowest BCUT2D eigenvalue weighted by Gasteiger charge is -2.09. The molecule has 0 atom stereocenters. The van der Waals surface area contributed by atoms with Gasteiger partial charge in [0, 0.05) is 23.5 Å². The first-order chi connectivity index (χ1) is 12.1. The second-order valence-corrected chi connectivity index (χ2v) is 6.88. The Bertz CT molecular complexity index is 975. The number of aromatic nitrogens is 1. The third-order valence-electron chi connectivity index (χ3n) is 3.47. The fourth-order valence-electron chi connectivity index (χ4n) is 2.22. The van der Waals surface area contributed by atoms with Gasteiger partial charge in [0.25, 0.3) is 15.9 Å². The number of carbonyl (C=O) groups is 1. The zero-order chi connectivity index (χ0) is 17.7. The van der Waals surface area contributed by atoms with Crippen LogP contribution in [0.5, 0.6) is 0 Å². The quantitative estimate of drug-likeness (QED) is 0.689. The fourth-order valence-corrected chi connectivity index (χ4v) is 3.08. The average Bonchev–Trinajstić information content (AvgIpc) is 2.68. The molecule has 1 heterocycles. The summed E-state index contributed by atoms with van der Waals surface area (Å²) in [4.78, 5) is 18.5. The molecule has 6 nitrogen and oxygen atoms in total. The van der Waals surface area contributed by atoms with Gasteiger partial charge in [-0.05, 0) is 35.9 Å². The molecule has 0 fully saturated rings. The summed E-state index contributed by atoms with van der Waals surface area (Å²) in [6.07, 6.45) is 3.35. The monoisotopic (exact) mass is 353 g/mol. The van der Waals surface area contributed by atoms with Crippen LogP contribution in [0, 0.1) is 0 Å². The fraction of sp³-hybridized carbons (Fsp3) is 0. The van der Waals surface area contributed by atoms with Crippen LogP contribution < -0.4 is 10.3 Å². The van der Waals surface area contributed by atoms with Crippen molar-refractivity contribution in [3.05, 3.63) is 84.7 Å². The number of hydrogen-bond acceptors (Lipinski definition) is 4. The van der Waals surface area contributed by atoms with Crippen molar-refractivity contribution >= 4 is 15.9 Å². The topological polar surface area (TPSA) is 88.2 Å². The standard InChI is InChI=1S/C18H15N3O3S/c22-18(20-21-25(23,24)17-9-2-1-3-10-17)15-7-4-6-14(12-15)16-8-5-11-19-13-16/h1-13,21H,(H,20,22). The molecule has 2 N–H and O–H groups in total. The number of nitrogens with one attached hydrogen (secondary N) is 2. The van der Waals surface area contributed by atoms with Crippen LogP contribution in [0.15, 0.2) is 84.0 Å². The molecule has 2 aromatic carbocycles. The summed E-state index contributed by atoms with van der Waals surface area (Å²) in [5, 5.41) is 0. The molecule has 3 aromatic rings. The zero-order valence-electron chi connectivity index (χ0n) is 13.1. The SMILES string of the molecule is O=C(NNS(=O)(=O)c1ccccc1)c1cccc(-c2cccnc2)c1. The van der Waals surface area contributed by atoms with E-state index in [1.165, 1.54) is 12.1 Å². The molecule has 0 saturated heterocycles. The van der Waals surface area contributed by atoms with Crippen molar-refractivity contribution in [2.45, 2.75) is 4.90 Å². The van der Waals surface area contributed by atoms with Gasteiger partial charge in [-0.15, -0.1) is 4.83 Å². The highest BCUT2D eigenvalue weighted by molar-refractivity contribution is 7.89. The minimum atomic E-state index is -3.82. The lowest BCUT2D eigenvalue weighted by atomic mass is 10.0. The minimum absolute atomic E-state index is 0.0689. The number of rotatable bonds is 5. The van der Waals surface area contributed by atoms with Gasteiger partial charge in [-0.2, -0.15) is 0 Å². The Labute approximate surface area is 145 Å². The van der Waals surface area contributed by atoms with Gasteiger partial charge in [-0.25, -0.2) is 8.42 Å². The van der Waals surface area contributed by atoms with Crippen molar-refractivity contribution in [1.82, 2.24) is 15.2 Å². The van der Waals surface area contributed by atoms with E-state index >= 15 is 0 Å². The number of pyridine rings is 1. The zero-order valence-corrected chi connectivity index (χ0v) is 13.9. The first kappa shape index (κ1) is 16.8. The van der Waals surface area contributed by atoms with Gasteiger partial charge in [0.15, 0.2) is 0 Å². The molecule has 0 bridgehead atoms. The van der Waals surface area contributed by atoms with Gasteiger partial charge in [0.1, 0.15) is 0 Å². The van der Waals surface area contributed by atoms with Crippen LogP contribution in [-0.2, 0) is 10.0 Å². The van der Waals surface area contributed by atoms with Crippen molar-refractivity contribution in [3.63, 3.8) is 0 Å². The molecule has 0 saturated carbocycles. The number of nitrogens with zero attached hydrogens (tertiary/aromatic N) is 1. The Morgan fingerprint density at radius 1 is 0.880 bits per heavy atom. The number of hydrazine groups is 1. The Kier molecular flexibility index (Phi) is 4.87. The van der Waals surface area contributed by atoms with Gasteiger partial charge in [0.05, 0.1) is 4.90 Å². The summed E-state index contributed by atoms with van der Waals surface area (Å²) in [5.41, 5.74) is 4.23. The van der Waals surface area contributed by atoms with Gasteiger partial charge in [0.2, 0.25) is 0 Å². The number of amides is 1. The molecule has 3 rings (SSSR count). The van der Waals surface area contributed by atoms with Crippen LogP contribution >= 0.6 is 0 Å². The molecular formula is C18H15N3O3S. The minimum Gasteiger partial charge on any atom is -0.273 e. The van der Waals surface area contributed by atoms with Gasteiger partial charge in [-0.3, -0.25) is 15.2 Å². The highest BCUT2D eigenvalue weighted by Crippen LogP contribution is 2.19. The van der Waals surface area contributed by atoms with Crippen LogP contribution in [0.4, 0.5) is 0 Å². The summed E-state index contributed by atoms with van der Waals surface area (Å²) in [7, 11) is -3.82. The van der Waals surface area contributed by atoms with Crippen molar-refractivity contribution in [1.29, 1.82) is 0 Å². The predicted octanol–water partition coefficient (Wildman–Crippen LogP) is 2.37. The van der Waals surface area contributed by atoms with Crippen LogP contribution in [0.1, 0.15) is 10.4 Å². The number of benzene rings is 2. The molecule has 0 aliphatic heterocycles. The largest absolute Gasteiger partial charge is 0.273 e. The Morgan fingerprint density at radius 2 is 1.64 bits per heavy atom. The smallest absolute Gasteiger partial charge is 0.266 e. The van der Waals surface area contributed by atoms with E-state index in [-0.39, 0.29) is 4.90 Å². The first-order valence-electron chi connectivity index (χ1n) is 7.44. The Morgan fingerprint density at radius 3 is 2.36 bits per heavy atom. The Hall–Kier alpha value is -3.03.